The van der Waals surface area contributed by atoms with Gasteiger partial charge in [-0.25, -0.2) is 4.79 Å². The van der Waals surface area contributed by atoms with Crippen LogP contribution in [0.2, 0.25) is 0 Å². The van der Waals surface area contributed by atoms with Crippen LogP contribution < -0.4 is 18.9 Å². The first-order valence-corrected chi connectivity index (χ1v) is 17.3. The molecule has 3 aliphatic rings. The Balaban J connectivity index is 0.000000514. The molecule has 12 heteroatoms. The summed E-state index contributed by atoms with van der Waals surface area (Å²) in [4.78, 5) is 43.1. The highest BCUT2D eigenvalue weighted by Crippen LogP contribution is 2.51. The van der Waals surface area contributed by atoms with Gasteiger partial charge in [0.05, 0.1) is 53.1 Å². The van der Waals surface area contributed by atoms with E-state index in [4.69, 9.17) is 33.2 Å². The lowest BCUT2D eigenvalue weighted by Crippen LogP contribution is -2.58. The van der Waals surface area contributed by atoms with Crippen LogP contribution in [0, 0.1) is 17.8 Å². The van der Waals surface area contributed by atoms with Gasteiger partial charge in [-0.1, -0.05) is 30.3 Å². The molecule has 1 saturated heterocycles. The number of aromatic amines is 1. The number of ether oxygens (including phenoxy) is 7. The number of fused-ring (bicyclic) bond motifs is 6. The summed E-state index contributed by atoms with van der Waals surface area (Å²) in [6, 6.07) is 18.5. The Morgan fingerprint density at radius 2 is 1.60 bits per heavy atom. The van der Waals surface area contributed by atoms with Gasteiger partial charge in [0, 0.05) is 48.4 Å². The summed E-state index contributed by atoms with van der Waals surface area (Å²) < 4.78 is 39.1. The van der Waals surface area contributed by atoms with Crippen molar-refractivity contribution in [3.05, 3.63) is 83.0 Å². The van der Waals surface area contributed by atoms with Crippen molar-refractivity contribution in [1.29, 1.82) is 0 Å². The molecule has 0 amide bonds. The van der Waals surface area contributed by atoms with Crippen LogP contribution in [0.3, 0.4) is 0 Å². The van der Waals surface area contributed by atoms with E-state index in [-0.39, 0.29) is 29.4 Å². The molecule has 1 aliphatic carbocycles. The van der Waals surface area contributed by atoms with E-state index in [0.717, 1.165) is 49.0 Å². The number of piperidine rings is 1. The molecule has 6 atom stereocenters. The van der Waals surface area contributed by atoms with Crippen LogP contribution in [0.25, 0.3) is 10.9 Å². The van der Waals surface area contributed by atoms with Gasteiger partial charge < -0.3 is 38.1 Å². The number of benzene rings is 3. The summed E-state index contributed by atoms with van der Waals surface area (Å²) in [6.07, 6.45) is 1.75. The van der Waals surface area contributed by atoms with Crippen molar-refractivity contribution < 1.29 is 47.5 Å². The highest BCUT2D eigenvalue weighted by Gasteiger charge is 2.54. The van der Waals surface area contributed by atoms with Gasteiger partial charge in [-0.15, -0.1) is 0 Å². The number of hydrogen-bond acceptors (Lipinski definition) is 11. The number of carbonyl (C=O) groups is 3. The number of nitrogens with zero attached hydrogens (tertiary/aromatic N) is 1. The van der Waals surface area contributed by atoms with Crippen molar-refractivity contribution >= 4 is 29.1 Å². The maximum absolute atomic E-state index is 13.5. The fourth-order valence-electron chi connectivity index (χ4n) is 8.29. The maximum Gasteiger partial charge on any atom is 0.338 e. The fraction of sp³-hybridized carbons (Fsp3) is 0.425. The molecule has 4 aromatic rings. The van der Waals surface area contributed by atoms with Crippen LogP contribution in [-0.4, -0.2) is 96.1 Å². The van der Waals surface area contributed by atoms with E-state index < -0.39 is 24.1 Å². The van der Waals surface area contributed by atoms with Crippen LogP contribution in [0.5, 0.6) is 23.0 Å². The molecule has 0 radical (unpaired) electrons. The number of aromatic nitrogens is 1. The number of methoxy groups -OCH3 is 6. The van der Waals surface area contributed by atoms with E-state index in [9.17, 15) is 14.4 Å². The molecule has 1 aromatic heterocycles. The second-order valence-corrected chi connectivity index (χ2v) is 13.2. The van der Waals surface area contributed by atoms with Gasteiger partial charge in [0.15, 0.2) is 11.5 Å². The Morgan fingerprint density at radius 3 is 2.19 bits per heavy atom. The lowest BCUT2D eigenvalue weighted by Gasteiger charge is -2.52. The summed E-state index contributed by atoms with van der Waals surface area (Å²) in [5.41, 5.74) is 4.56. The van der Waals surface area contributed by atoms with Crippen LogP contribution in [-0.2, 0) is 25.4 Å². The van der Waals surface area contributed by atoms with E-state index >= 15 is 0 Å². The average molecular weight is 715 g/mol. The van der Waals surface area contributed by atoms with Gasteiger partial charge in [0.1, 0.15) is 24.2 Å². The number of aldehydes is 1. The first kappa shape index (κ1) is 36.7. The molecule has 0 unspecified atom stereocenters. The molecule has 0 bridgehead atoms. The standard InChI is InChI=1S/C33H40N2O9.C7H6O/c1-38-19-7-8-20-21-9-10-35-16-18-13-27(44-32(36)17-11-25(39-2)30(41-4)26(12-17)40-3)31(42-5)28(33(37)43-6)22(18)15-24(35)29(21)34-23(20)14-19;8-6-7-4-2-1-3-5-7/h7-8,11-12,14,18,22,24,27-28,31,34H,9-10,13,15-16H2,1-6H3;1-6H/t18-,22+,24-,27-,28+,31+;/m1./s1. The monoisotopic (exact) mass is 714 g/mol. The van der Waals surface area contributed by atoms with Crippen molar-refractivity contribution in [3.63, 3.8) is 0 Å². The second-order valence-electron chi connectivity index (χ2n) is 13.2. The van der Waals surface area contributed by atoms with Crippen molar-refractivity contribution in [2.45, 2.75) is 37.5 Å². The first-order chi connectivity index (χ1) is 25.3. The molecular weight excluding hydrogens is 668 g/mol. The zero-order chi connectivity index (χ0) is 36.9. The molecule has 1 N–H and O–H groups in total. The topological polar surface area (TPSA) is 135 Å². The van der Waals surface area contributed by atoms with Gasteiger partial charge in [-0.2, -0.15) is 0 Å². The SMILES string of the molecule is COC(=O)[C@H]1[C@H]2C[C@@H]3c4[nH]c5cc(OC)ccc5c4CCN3C[C@H]2C[C@@H](OC(=O)c2cc(OC)c(OC)c(OC)c2)[C@@H]1OC.O=Cc1ccccc1. The smallest absolute Gasteiger partial charge is 0.338 e. The Kier molecular flexibility index (Phi) is 11.4. The third-order valence-electron chi connectivity index (χ3n) is 10.7. The van der Waals surface area contributed by atoms with Gasteiger partial charge in [0.25, 0.3) is 0 Å². The lowest BCUT2D eigenvalue weighted by atomic mass is 9.63. The van der Waals surface area contributed by atoms with Crippen LogP contribution >= 0.6 is 0 Å². The quantitative estimate of drug-likeness (QED) is 0.170. The highest BCUT2D eigenvalue weighted by molar-refractivity contribution is 5.91. The third kappa shape index (κ3) is 7.05. The molecule has 52 heavy (non-hydrogen) atoms. The summed E-state index contributed by atoms with van der Waals surface area (Å²) in [5, 5.41) is 1.21. The predicted molar refractivity (Wildman–Crippen MR) is 193 cm³/mol. The minimum Gasteiger partial charge on any atom is -0.497 e. The molecule has 1 saturated carbocycles. The normalized spacial score (nSPS) is 23.4. The number of nitrogens with one attached hydrogen (secondary N) is 1. The maximum atomic E-state index is 13.5. The van der Waals surface area contributed by atoms with Gasteiger partial charge in [0.2, 0.25) is 5.75 Å². The van der Waals surface area contributed by atoms with E-state index in [1.165, 1.54) is 45.1 Å². The molecule has 3 aromatic carbocycles. The summed E-state index contributed by atoms with van der Waals surface area (Å²) in [7, 11) is 9.10. The zero-order valence-electron chi connectivity index (χ0n) is 30.4. The van der Waals surface area contributed by atoms with Crippen molar-refractivity contribution in [2.75, 3.05) is 55.7 Å². The molecular formula is C40H46N2O10. The number of carbonyl (C=O) groups excluding carboxylic acids is 3. The summed E-state index contributed by atoms with van der Waals surface area (Å²) >= 11 is 0. The predicted octanol–water partition coefficient (Wildman–Crippen LogP) is 5.67. The van der Waals surface area contributed by atoms with E-state index in [1.807, 2.05) is 30.3 Å². The van der Waals surface area contributed by atoms with Gasteiger partial charge in [-0.3, -0.25) is 14.5 Å². The number of H-pyrrole nitrogens is 1. The first-order valence-electron chi connectivity index (χ1n) is 17.3. The minimum absolute atomic E-state index is 0.0170. The molecule has 3 heterocycles. The average Bonchev–Trinajstić information content (AvgIpc) is 3.57. The molecule has 2 aliphatic heterocycles. The number of rotatable bonds is 9. The van der Waals surface area contributed by atoms with Crippen molar-refractivity contribution in [2.24, 2.45) is 17.8 Å². The van der Waals surface area contributed by atoms with Crippen LogP contribution in [0.4, 0.5) is 0 Å². The lowest BCUT2D eigenvalue weighted by molar-refractivity contribution is -0.176. The molecule has 12 nitrogen and oxygen atoms in total. The Bertz CT molecular complexity index is 1870. The van der Waals surface area contributed by atoms with Crippen molar-refractivity contribution in [1.82, 2.24) is 9.88 Å². The van der Waals surface area contributed by atoms with E-state index in [2.05, 4.69) is 16.0 Å². The molecule has 2 fully saturated rings. The van der Waals surface area contributed by atoms with Crippen molar-refractivity contribution in [3.8, 4) is 23.0 Å². The Labute approximate surface area is 303 Å². The molecule has 0 spiro atoms. The number of esters is 2. The van der Waals surface area contributed by atoms with Crippen LogP contribution in [0.15, 0.2) is 60.7 Å². The van der Waals surface area contributed by atoms with E-state index in [0.29, 0.717) is 23.7 Å². The fourth-order valence-corrected chi connectivity index (χ4v) is 8.29. The molecule has 276 valence electrons. The second kappa shape index (κ2) is 16.1. The van der Waals surface area contributed by atoms with Crippen LogP contribution in [0.1, 0.15) is 50.9 Å². The Morgan fingerprint density at radius 1 is 0.865 bits per heavy atom. The highest BCUT2D eigenvalue weighted by atomic mass is 16.6. The molecule has 7 rings (SSSR count). The summed E-state index contributed by atoms with van der Waals surface area (Å²) in [5.74, 6) is 0.441. The number of hydrogen-bond donors (Lipinski definition) is 1. The van der Waals surface area contributed by atoms with Gasteiger partial charge >= 0.3 is 11.9 Å². The zero-order valence-corrected chi connectivity index (χ0v) is 30.4. The summed E-state index contributed by atoms with van der Waals surface area (Å²) in [6.45, 7) is 1.68. The minimum atomic E-state index is -0.670. The Hall–Kier alpha value is -5.07. The van der Waals surface area contributed by atoms with E-state index in [1.54, 1.807) is 38.5 Å². The third-order valence-corrected chi connectivity index (χ3v) is 10.7. The largest absolute Gasteiger partial charge is 0.497 e. The van der Waals surface area contributed by atoms with Gasteiger partial charge in [-0.05, 0) is 60.9 Å².